The van der Waals surface area contributed by atoms with E-state index in [4.69, 9.17) is 9.47 Å². The van der Waals surface area contributed by atoms with Crippen LogP contribution < -0.4 is 5.32 Å². The van der Waals surface area contributed by atoms with Gasteiger partial charge in [0.05, 0.1) is 17.2 Å². The lowest BCUT2D eigenvalue weighted by Crippen LogP contribution is -2.45. The quantitative estimate of drug-likeness (QED) is 0.738. The molecule has 0 aromatic heterocycles. The maximum Gasteiger partial charge on any atom is 0.407 e. The zero-order chi connectivity index (χ0) is 19.9. The van der Waals surface area contributed by atoms with Crippen molar-refractivity contribution in [3.63, 3.8) is 0 Å². The third-order valence-electron chi connectivity index (χ3n) is 7.97. The first-order chi connectivity index (χ1) is 14.1. The van der Waals surface area contributed by atoms with Gasteiger partial charge in [0.2, 0.25) is 0 Å². The second-order valence-corrected chi connectivity index (χ2v) is 10.1. The molecule has 4 nitrogen and oxygen atoms in total. The number of nitrogens with one attached hydrogen (secondary N) is 1. The van der Waals surface area contributed by atoms with Crippen molar-refractivity contribution in [2.24, 2.45) is 0 Å². The number of hydrogen-bond donors (Lipinski definition) is 1. The molecule has 1 aromatic rings. The summed E-state index contributed by atoms with van der Waals surface area (Å²) in [6.07, 6.45) is 14.4. The van der Waals surface area contributed by atoms with Gasteiger partial charge in [-0.3, -0.25) is 0 Å². The molecule has 1 N–H and O–H groups in total. The monoisotopic (exact) mass is 397 g/mol. The smallest absolute Gasteiger partial charge is 0.407 e. The van der Waals surface area contributed by atoms with Crippen molar-refractivity contribution in [3.05, 3.63) is 34.9 Å². The fraction of sp³-hybridized carbons (Fsp3) is 0.720. The molecule has 1 aromatic carbocycles. The number of alkyl carbamates (subject to hydrolysis) is 1. The van der Waals surface area contributed by atoms with Crippen LogP contribution in [0.1, 0.15) is 93.7 Å². The van der Waals surface area contributed by atoms with Gasteiger partial charge in [-0.15, -0.1) is 0 Å². The van der Waals surface area contributed by atoms with Crippen LogP contribution in [0.5, 0.6) is 0 Å². The largest absolute Gasteiger partial charge is 0.447 e. The topological polar surface area (TPSA) is 47.6 Å². The van der Waals surface area contributed by atoms with Gasteiger partial charge in [-0.1, -0.05) is 38.0 Å². The van der Waals surface area contributed by atoms with Crippen LogP contribution in [-0.4, -0.2) is 29.9 Å². The minimum Gasteiger partial charge on any atom is -0.447 e. The molecule has 3 fully saturated rings. The Morgan fingerprint density at radius 3 is 2.93 bits per heavy atom. The van der Waals surface area contributed by atoms with Gasteiger partial charge in [-0.25, -0.2) is 4.79 Å². The molecule has 1 amide bonds. The molecule has 0 radical (unpaired) electrons. The van der Waals surface area contributed by atoms with Crippen molar-refractivity contribution >= 4 is 6.09 Å². The Hall–Kier alpha value is -1.55. The Kier molecular flexibility index (Phi) is 5.09. The van der Waals surface area contributed by atoms with E-state index in [1.165, 1.54) is 61.6 Å². The molecule has 0 bridgehead atoms. The number of carbonyl (C=O) groups is 1. The molecule has 4 heteroatoms. The van der Waals surface area contributed by atoms with E-state index in [1.807, 2.05) is 0 Å². The zero-order valence-corrected chi connectivity index (χ0v) is 17.8. The molecule has 1 saturated carbocycles. The van der Waals surface area contributed by atoms with E-state index < -0.39 is 0 Å². The zero-order valence-electron chi connectivity index (χ0n) is 17.8. The predicted molar refractivity (Wildman–Crippen MR) is 113 cm³/mol. The average Bonchev–Trinajstić information content (AvgIpc) is 3.31. The normalized spacial score (nSPS) is 36.2. The highest BCUT2D eigenvalue weighted by atomic mass is 16.6. The highest BCUT2D eigenvalue weighted by molar-refractivity contribution is 5.70. The van der Waals surface area contributed by atoms with E-state index in [9.17, 15) is 4.79 Å². The van der Waals surface area contributed by atoms with Crippen LogP contribution in [0, 0.1) is 0 Å². The summed E-state index contributed by atoms with van der Waals surface area (Å²) in [5, 5.41) is 3.07. The number of aryl methyl sites for hydroxylation is 1. The van der Waals surface area contributed by atoms with Gasteiger partial charge < -0.3 is 14.8 Å². The average molecular weight is 398 g/mol. The van der Waals surface area contributed by atoms with Crippen molar-refractivity contribution in [2.75, 3.05) is 6.61 Å². The summed E-state index contributed by atoms with van der Waals surface area (Å²) in [6.45, 7) is 2.80. The molecule has 4 aliphatic rings. The number of carbonyl (C=O) groups excluding carboxylic acids is 1. The van der Waals surface area contributed by atoms with Crippen molar-refractivity contribution in [1.82, 2.24) is 5.32 Å². The Balaban J connectivity index is 1.27. The second-order valence-electron chi connectivity index (χ2n) is 10.1. The van der Waals surface area contributed by atoms with Crippen LogP contribution in [0.25, 0.3) is 0 Å². The van der Waals surface area contributed by atoms with Crippen molar-refractivity contribution in [3.8, 4) is 0 Å². The number of benzene rings is 1. The summed E-state index contributed by atoms with van der Waals surface area (Å²) < 4.78 is 11.9. The Morgan fingerprint density at radius 1 is 1.17 bits per heavy atom. The Labute approximate surface area is 174 Å². The number of cyclic esters (lactones) is 1. The summed E-state index contributed by atoms with van der Waals surface area (Å²) in [6, 6.07) is 7.18. The summed E-state index contributed by atoms with van der Waals surface area (Å²) in [5.74, 6) is 0.530. The summed E-state index contributed by atoms with van der Waals surface area (Å²) >= 11 is 0. The third kappa shape index (κ3) is 3.81. The molecule has 5 rings (SSSR count). The lowest BCUT2D eigenvalue weighted by atomic mass is 9.75. The first kappa shape index (κ1) is 19.4. The number of fused-ring (bicyclic) bond motifs is 1. The molecule has 29 heavy (non-hydrogen) atoms. The van der Waals surface area contributed by atoms with Gasteiger partial charge in [0.1, 0.15) is 6.61 Å². The van der Waals surface area contributed by atoms with Crippen LogP contribution in [0.15, 0.2) is 18.2 Å². The number of hydrogen-bond acceptors (Lipinski definition) is 3. The first-order valence-electron chi connectivity index (χ1n) is 11.8. The van der Waals surface area contributed by atoms with Gasteiger partial charge in [0.25, 0.3) is 0 Å². The maximum absolute atomic E-state index is 11.5. The van der Waals surface area contributed by atoms with E-state index >= 15 is 0 Å². The van der Waals surface area contributed by atoms with Gasteiger partial charge >= 0.3 is 6.09 Å². The Bertz CT molecular complexity index is 777. The fourth-order valence-electron chi connectivity index (χ4n) is 6.32. The van der Waals surface area contributed by atoms with E-state index in [0.29, 0.717) is 18.6 Å². The molecule has 158 valence electrons. The van der Waals surface area contributed by atoms with Crippen molar-refractivity contribution in [2.45, 2.75) is 107 Å². The number of rotatable bonds is 4. The number of amides is 1. The standard InChI is InChI=1S/C25H35NO3/c1-2-3-5-22-6-4-11-25(29-22)13-10-19-14-18(7-8-20(19)16-25)21-9-12-24(15-21)17-28-23(27)26-24/h7-8,14,21-22H,2-6,9-13,15-17H2,1H3,(H,26,27)/t21-,22?,24+,25?/m0/s1. The predicted octanol–water partition coefficient (Wildman–Crippen LogP) is 5.42. The molecule has 2 spiro atoms. The maximum atomic E-state index is 11.5. The lowest BCUT2D eigenvalue weighted by Gasteiger charge is -2.44. The van der Waals surface area contributed by atoms with Gasteiger partial charge in [-0.2, -0.15) is 0 Å². The number of unbranched alkanes of at least 4 members (excludes halogenated alkanes) is 1. The fourth-order valence-corrected chi connectivity index (χ4v) is 6.32. The summed E-state index contributed by atoms with van der Waals surface area (Å²) in [5.41, 5.74) is 4.45. The molecule has 2 unspecified atom stereocenters. The first-order valence-corrected chi connectivity index (χ1v) is 11.8. The highest BCUT2D eigenvalue weighted by Gasteiger charge is 2.46. The molecular formula is C25H35NO3. The summed E-state index contributed by atoms with van der Waals surface area (Å²) in [4.78, 5) is 11.5. The SMILES string of the molecule is CCCCC1CCCC2(CCc3cc([C@H]4CC[C@]5(COC(=O)N5)C4)ccc3C2)O1. The molecule has 2 saturated heterocycles. The summed E-state index contributed by atoms with van der Waals surface area (Å²) in [7, 11) is 0. The van der Waals surface area contributed by atoms with Gasteiger partial charge in [-0.05, 0) is 80.4 Å². The Morgan fingerprint density at radius 2 is 2.10 bits per heavy atom. The minimum atomic E-state index is -0.244. The molecule has 2 aliphatic carbocycles. The molecule has 4 atom stereocenters. The van der Waals surface area contributed by atoms with Crippen LogP contribution in [-0.2, 0) is 22.3 Å². The minimum absolute atomic E-state index is 0.0913. The van der Waals surface area contributed by atoms with Crippen LogP contribution >= 0.6 is 0 Å². The van der Waals surface area contributed by atoms with Crippen molar-refractivity contribution in [1.29, 1.82) is 0 Å². The second kappa shape index (κ2) is 7.61. The van der Waals surface area contributed by atoms with Crippen LogP contribution in [0.2, 0.25) is 0 Å². The highest BCUT2D eigenvalue weighted by Crippen LogP contribution is 2.45. The van der Waals surface area contributed by atoms with E-state index in [0.717, 1.165) is 32.1 Å². The van der Waals surface area contributed by atoms with E-state index in [-0.39, 0.29) is 17.2 Å². The molecular weight excluding hydrogens is 362 g/mol. The third-order valence-corrected chi connectivity index (χ3v) is 7.97. The van der Waals surface area contributed by atoms with Gasteiger partial charge in [0.15, 0.2) is 0 Å². The van der Waals surface area contributed by atoms with E-state index in [1.54, 1.807) is 0 Å². The van der Waals surface area contributed by atoms with Crippen LogP contribution in [0.3, 0.4) is 0 Å². The van der Waals surface area contributed by atoms with E-state index in [2.05, 4.69) is 30.4 Å². The van der Waals surface area contributed by atoms with Crippen LogP contribution in [0.4, 0.5) is 4.79 Å². The lowest BCUT2D eigenvalue weighted by molar-refractivity contribution is -0.137. The molecule has 2 aliphatic heterocycles. The number of ether oxygens (including phenoxy) is 2. The van der Waals surface area contributed by atoms with Gasteiger partial charge in [0, 0.05) is 6.42 Å². The molecule has 2 heterocycles. The van der Waals surface area contributed by atoms with Crippen molar-refractivity contribution < 1.29 is 14.3 Å².